The summed E-state index contributed by atoms with van der Waals surface area (Å²) in [6.07, 6.45) is 1.02. The summed E-state index contributed by atoms with van der Waals surface area (Å²) >= 11 is 0. The molecule has 2 nitrogen and oxygen atoms in total. The lowest BCUT2D eigenvalue weighted by molar-refractivity contribution is 0.627. The number of hydrogen-bond donors (Lipinski definition) is 1. The van der Waals surface area contributed by atoms with Crippen LogP contribution in [0.4, 0.5) is 10.1 Å². The molecule has 0 atom stereocenters. The molecular formula is C16H15FN2. The number of nitrogens with zero attached hydrogens (tertiary/aromatic N) is 1. The number of aryl methyl sites for hydroxylation is 1. The van der Waals surface area contributed by atoms with Gasteiger partial charge in [0.05, 0.1) is 11.6 Å². The lowest BCUT2D eigenvalue weighted by Gasteiger charge is -2.08. The molecule has 0 heterocycles. The number of hydrogen-bond acceptors (Lipinski definition) is 2. The van der Waals surface area contributed by atoms with Crippen LogP contribution in [0.5, 0.6) is 0 Å². The van der Waals surface area contributed by atoms with Crippen molar-refractivity contribution in [1.29, 1.82) is 5.26 Å². The maximum absolute atomic E-state index is 13.2. The van der Waals surface area contributed by atoms with Crippen molar-refractivity contribution in [2.45, 2.75) is 19.9 Å². The summed E-state index contributed by atoms with van der Waals surface area (Å²) in [6, 6.07) is 14.5. The third kappa shape index (κ3) is 3.56. The fourth-order valence-electron chi connectivity index (χ4n) is 1.85. The highest BCUT2D eigenvalue weighted by atomic mass is 19.1. The summed E-state index contributed by atoms with van der Waals surface area (Å²) in [6.45, 7) is 2.72. The monoisotopic (exact) mass is 254 g/mol. The fraction of sp³-hybridized carbons (Fsp3) is 0.188. The van der Waals surface area contributed by atoms with Crippen LogP contribution in [0.3, 0.4) is 0 Å². The number of anilines is 1. The molecule has 2 aromatic carbocycles. The molecule has 19 heavy (non-hydrogen) atoms. The van der Waals surface area contributed by atoms with E-state index in [1.165, 1.54) is 17.7 Å². The van der Waals surface area contributed by atoms with Crippen LogP contribution in [0.25, 0.3) is 0 Å². The second-order valence-electron chi connectivity index (χ2n) is 4.36. The molecule has 0 aliphatic heterocycles. The topological polar surface area (TPSA) is 35.8 Å². The third-order valence-electron chi connectivity index (χ3n) is 2.95. The molecule has 0 amide bonds. The number of nitriles is 1. The molecular weight excluding hydrogens is 239 g/mol. The molecule has 1 N–H and O–H groups in total. The predicted octanol–water partition coefficient (Wildman–Crippen LogP) is 3.87. The van der Waals surface area contributed by atoms with E-state index in [-0.39, 0.29) is 0 Å². The molecule has 0 fully saturated rings. The summed E-state index contributed by atoms with van der Waals surface area (Å²) < 4.78 is 13.2. The minimum Gasteiger partial charge on any atom is -0.381 e. The van der Waals surface area contributed by atoms with E-state index in [0.29, 0.717) is 17.8 Å². The normalized spacial score (nSPS) is 9.95. The average molecular weight is 254 g/mol. The van der Waals surface area contributed by atoms with Gasteiger partial charge in [-0.25, -0.2) is 4.39 Å². The van der Waals surface area contributed by atoms with Crippen molar-refractivity contribution in [2.75, 3.05) is 5.32 Å². The average Bonchev–Trinajstić information content (AvgIpc) is 2.45. The molecule has 0 radical (unpaired) electrons. The standard InChI is InChI=1S/C16H15FN2/c1-2-12-3-5-13(6-4-12)11-19-16-8-14(10-18)7-15(17)9-16/h3-9,19H,2,11H2,1H3. The van der Waals surface area contributed by atoms with Crippen LogP contribution in [0, 0.1) is 17.1 Å². The van der Waals surface area contributed by atoms with Crippen LogP contribution in [0.15, 0.2) is 42.5 Å². The maximum Gasteiger partial charge on any atom is 0.126 e. The second kappa shape index (κ2) is 6.01. The Morgan fingerprint density at radius 2 is 1.79 bits per heavy atom. The van der Waals surface area contributed by atoms with Gasteiger partial charge in [0.15, 0.2) is 0 Å². The van der Waals surface area contributed by atoms with Crippen LogP contribution >= 0.6 is 0 Å². The number of rotatable bonds is 4. The Labute approximate surface area is 112 Å². The van der Waals surface area contributed by atoms with Crippen LogP contribution in [-0.4, -0.2) is 0 Å². The molecule has 0 saturated heterocycles. The van der Waals surface area contributed by atoms with Crippen molar-refractivity contribution >= 4 is 5.69 Å². The van der Waals surface area contributed by atoms with Gasteiger partial charge in [-0.15, -0.1) is 0 Å². The van der Waals surface area contributed by atoms with Crippen molar-refractivity contribution in [1.82, 2.24) is 0 Å². The molecule has 0 unspecified atom stereocenters. The van der Waals surface area contributed by atoms with Gasteiger partial charge in [-0.3, -0.25) is 0 Å². The van der Waals surface area contributed by atoms with Gasteiger partial charge in [-0.1, -0.05) is 31.2 Å². The van der Waals surface area contributed by atoms with E-state index in [2.05, 4.69) is 36.5 Å². The highest BCUT2D eigenvalue weighted by Gasteiger charge is 2.00. The third-order valence-corrected chi connectivity index (χ3v) is 2.95. The van der Waals surface area contributed by atoms with Crippen molar-refractivity contribution in [3.05, 3.63) is 65.0 Å². The SMILES string of the molecule is CCc1ccc(CNc2cc(F)cc(C#N)c2)cc1. The lowest BCUT2D eigenvalue weighted by Crippen LogP contribution is -2.00. The molecule has 0 saturated carbocycles. The van der Waals surface area contributed by atoms with Gasteiger partial charge in [-0.2, -0.15) is 5.26 Å². The summed E-state index contributed by atoms with van der Waals surface area (Å²) in [5.41, 5.74) is 3.36. The van der Waals surface area contributed by atoms with E-state index in [1.807, 2.05) is 6.07 Å². The van der Waals surface area contributed by atoms with Gasteiger partial charge in [0, 0.05) is 12.2 Å². The minimum atomic E-state index is -0.400. The van der Waals surface area contributed by atoms with Crippen molar-refractivity contribution < 1.29 is 4.39 Å². The quantitative estimate of drug-likeness (QED) is 0.899. The van der Waals surface area contributed by atoms with Crippen molar-refractivity contribution in [3.63, 3.8) is 0 Å². The van der Waals surface area contributed by atoms with Gasteiger partial charge < -0.3 is 5.32 Å². The summed E-state index contributed by atoms with van der Waals surface area (Å²) in [4.78, 5) is 0. The summed E-state index contributed by atoms with van der Waals surface area (Å²) in [7, 11) is 0. The lowest BCUT2D eigenvalue weighted by atomic mass is 10.1. The van der Waals surface area contributed by atoms with E-state index in [4.69, 9.17) is 5.26 Å². The van der Waals surface area contributed by atoms with Crippen molar-refractivity contribution in [2.24, 2.45) is 0 Å². The Kier molecular flexibility index (Phi) is 4.15. The van der Waals surface area contributed by atoms with Gasteiger partial charge in [-0.05, 0) is 35.7 Å². The summed E-state index contributed by atoms with van der Waals surface area (Å²) in [5, 5.41) is 11.9. The Morgan fingerprint density at radius 3 is 2.42 bits per heavy atom. The highest BCUT2D eigenvalue weighted by molar-refractivity contribution is 5.50. The predicted molar refractivity (Wildman–Crippen MR) is 74.3 cm³/mol. The maximum atomic E-state index is 13.2. The van der Waals surface area contributed by atoms with Crippen LogP contribution in [0.1, 0.15) is 23.6 Å². The van der Waals surface area contributed by atoms with Gasteiger partial charge >= 0.3 is 0 Å². The van der Waals surface area contributed by atoms with Crippen LogP contribution in [-0.2, 0) is 13.0 Å². The Morgan fingerprint density at radius 1 is 1.11 bits per heavy atom. The van der Waals surface area contributed by atoms with E-state index >= 15 is 0 Å². The van der Waals surface area contributed by atoms with Gasteiger partial charge in [0.25, 0.3) is 0 Å². The summed E-state index contributed by atoms with van der Waals surface area (Å²) in [5.74, 6) is -0.400. The number of benzene rings is 2. The molecule has 96 valence electrons. The van der Waals surface area contributed by atoms with Gasteiger partial charge in [0.2, 0.25) is 0 Å². The first-order valence-electron chi connectivity index (χ1n) is 6.23. The first-order chi connectivity index (χ1) is 9.21. The smallest absolute Gasteiger partial charge is 0.126 e. The second-order valence-corrected chi connectivity index (χ2v) is 4.36. The fourth-order valence-corrected chi connectivity index (χ4v) is 1.85. The molecule has 0 aliphatic carbocycles. The Balaban J connectivity index is 2.05. The Bertz CT molecular complexity index is 597. The zero-order valence-electron chi connectivity index (χ0n) is 10.8. The van der Waals surface area contributed by atoms with Gasteiger partial charge in [0.1, 0.15) is 5.82 Å². The van der Waals surface area contributed by atoms with E-state index in [9.17, 15) is 4.39 Å². The van der Waals surface area contributed by atoms with Crippen LogP contribution in [0.2, 0.25) is 0 Å². The van der Waals surface area contributed by atoms with E-state index in [1.54, 1.807) is 6.07 Å². The number of halogens is 1. The first kappa shape index (κ1) is 13.1. The molecule has 0 spiro atoms. The largest absolute Gasteiger partial charge is 0.381 e. The Hall–Kier alpha value is -2.34. The number of nitrogens with one attached hydrogen (secondary N) is 1. The van der Waals surface area contributed by atoms with E-state index < -0.39 is 5.82 Å². The molecule has 2 rings (SSSR count). The molecule has 0 aromatic heterocycles. The molecule has 3 heteroatoms. The van der Waals surface area contributed by atoms with E-state index in [0.717, 1.165) is 12.0 Å². The first-order valence-corrected chi connectivity index (χ1v) is 6.23. The molecule has 0 bridgehead atoms. The molecule has 0 aliphatic rings. The zero-order chi connectivity index (χ0) is 13.7. The van der Waals surface area contributed by atoms with Crippen molar-refractivity contribution in [3.8, 4) is 6.07 Å². The minimum absolute atomic E-state index is 0.323. The van der Waals surface area contributed by atoms with Crippen LogP contribution < -0.4 is 5.32 Å². The molecule has 2 aromatic rings. The zero-order valence-corrected chi connectivity index (χ0v) is 10.8. The highest BCUT2D eigenvalue weighted by Crippen LogP contribution is 2.15.